The minimum atomic E-state index is -3.18. The van der Waals surface area contributed by atoms with Gasteiger partial charge in [0.25, 0.3) is 0 Å². The van der Waals surface area contributed by atoms with Crippen molar-refractivity contribution in [3.8, 4) is 0 Å². The Morgan fingerprint density at radius 2 is 2.29 bits per heavy atom. The molecule has 0 amide bonds. The summed E-state index contributed by atoms with van der Waals surface area (Å²) in [4.78, 5) is 11.4. The number of sulfonamides is 1. The average Bonchev–Trinajstić information content (AvgIpc) is 2.85. The lowest BCUT2D eigenvalue weighted by atomic mass is 9.91. The number of aromatic carboxylic acids is 1. The Labute approximate surface area is 142 Å². The van der Waals surface area contributed by atoms with Crippen LogP contribution in [-0.4, -0.2) is 66.0 Å². The van der Waals surface area contributed by atoms with Crippen LogP contribution in [0.3, 0.4) is 0 Å². The van der Waals surface area contributed by atoms with Crippen molar-refractivity contribution >= 4 is 16.0 Å². The number of likely N-dealkylation sites (N-methyl/N-ethyl adjacent to an activating group) is 1. The molecule has 0 fully saturated rings. The summed E-state index contributed by atoms with van der Waals surface area (Å²) in [5, 5.41) is 16.9. The fraction of sp³-hybridized carbons (Fsp3) is 0.600. The summed E-state index contributed by atoms with van der Waals surface area (Å²) in [5.74, 6) is -1.02. The Kier molecular flexibility index (Phi) is 5.79. The maximum absolute atomic E-state index is 11.4. The van der Waals surface area contributed by atoms with Gasteiger partial charge in [-0.2, -0.15) is 5.10 Å². The van der Waals surface area contributed by atoms with Crippen LogP contribution in [0, 0.1) is 0 Å². The van der Waals surface area contributed by atoms with Crippen molar-refractivity contribution in [2.75, 3.05) is 26.4 Å². The van der Waals surface area contributed by atoms with Crippen LogP contribution < -0.4 is 5.32 Å². The first-order valence-corrected chi connectivity index (χ1v) is 9.66. The zero-order valence-corrected chi connectivity index (χ0v) is 14.8. The number of aromatic nitrogens is 2. The van der Waals surface area contributed by atoms with E-state index in [0.29, 0.717) is 26.1 Å². The van der Waals surface area contributed by atoms with E-state index >= 15 is 0 Å². The summed E-state index contributed by atoms with van der Waals surface area (Å²) in [7, 11) is -1.64. The highest BCUT2D eigenvalue weighted by atomic mass is 32.2. The van der Waals surface area contributed by atoms with E-state index in [1.165, 1.54) is 17.6 Å². The van der Waals surface area contributed by atoms with Gasteiger partial charge in [0.15, 0.2) is 5.69 Å². The molecular weight excluding hydrogens is 332 g/mol. The first kappa shape index (κ1) is 18.6. The van der Waals surface area contributed by atoms with E-state index in [9.17, 15) is 18.3 Å². The van der Waals surface area contributed by atoms with Crippen LogP contribution in [0.4, 0.5) is 0 Å². The van der Waals surface area contributed by atoms with E-state index < -0.39 is 16.0 Å². The molecule has 1 aromatic rings. The number of allylic oxidation sites excluding steroid dienone is 1. The predicted octanol–water partition coefficient (Wildman–Crippen LogP) is 0.106. The quantitative estimate of drug-likeness (QED) is 0.641. The molecule has 0 aromatic carbocycles. The van der Waals surface area contributed by atoms with Crippen molar-refractivity contribution in [3.05, 3.63) is 29.6 Å². The number of hydrogen-bond donors (Lipinski definition) is 2. The highest BCUT2D eigenvalue weighted by Gasteiger charge is 2.28. The third-order valence-electron chi connectivity index (χ3n) is 4.28. The molecular formula is C15H24N4O4S. The lowest BCUT2D eigenvalue weighted by Crippen LogP contribution is -2.40. The first-order valence-electron chi connectivity index (χ1n) is 7.81. The number of nitrogens with one attached hydrogen (secondary N) is 1. The largest absolute Gasteiger partial charge is 0.476 e. The average molecular weight is 356 g/mol. The van der Waals surface area contributed by atoms with E-state index in [1.54, 1.807) is 10.8 Å². The molecule has 0 saturated carbocycles. The summed E-state index contributed by atoms with van der Waals surface area (Å²) in [5.41, 5.74) is 1.83. The molecule has 1 atom stereocenters. The fourth-order valence-corrected chi connectivity index (χ4v) is 3.32. The molecule has 0 radical (unpaired) electrons. The molecule has 8 nitrogen and oxygen atoms in total. The monoisotopic (exact) mass is 356 g/mol. The molecule has 0 bridgehead atoms. The van der Waals surface area contributed by atoms with Gasteiger partial charge >= 0.3 is 5.97 Å². The van der Waals surface area contributed by atoms with Gasteiger partial charge in [0, 0.05) is 37.4 Å². The van der Waals surface area contributed by atoms with Crippen molar-refractivity contribution in [2.45, 2.75) is 31.8 Å². The van der Waals surface area contributed by atoms with E-state index in [-0.39, 0.29) is 11.7 Å². The number of carboxylic acid groups (broad SMARTS) is 1. The number of hydrogen-bond acceptors (Lipinski definition) is 5. The third kappa shape index (κ3) is 4.22. The summed E-state index contributed by atoms with van der Waals surface area (Å²) in [6.45, 7) is 5.07. The van der Waals surface area contributed by atoms with Crippen molar-refractivity contribution in [1.29, 1.82) is 0 Å². The van der Waals surface area contributed by atoms with Gasteiger partial charge in [0.05, 0.1) is 12.8 Å². The fourth-order valence-electron chi connectivity index (χ4n) is 2.90. The number of carboxylic acids is 1. The number of fused-ring (bicyclic) bond motifs is 1. The zero-order chi connectivity index (χ0) is 17.9. The Bertz CT molecular complexity index is 726. The van der Waals surface area contributed by atoms with Crippen LogP contribution in [0.1, 0.15) is 28.2 Å². The summed E-state index contributed by atoms with van der Waals surface area (Å²) >= 11 is 0. The molecule has 1 aliphatic rings. The van der Waals surface area contributed by atoms with Gasteiger partial charge in [0.1, 0.15) is 0 Å². The van der Waals surface area contributed by atoms with Crippen molar-refractivity contribution in [3.63, 3.8) is 0 Å². The number of rotatable bonds is 8. The van der Waals surface area contributed by atoms with Crippen LogP contribution in [-0.2, 0) is 29.4 Å². The van der Waals surface area contributed by atoms with Crippen molar-refractivity contribution in [2.24, 2.45) is 0 Å². The lowest BCUT2D eigenvalue weighted by Gasteiger charge is -2.25. The Hall–Kier alpha value is -1.71. The normalized spacial score (nSPS) is 17.7. The molecule has 0 aliphatic heterocycles. The summed E-state index contributed by atoms with van der Waals surface area (Å²) < 4.78 is 25.7. The molecule has 9 heteroatoms. The standard InChI is InChI=1S/C15H24N4O4S/c1-4-8-19-13-6-5-11(10-12(13)14(17-19)15(20)21)16-7-9-18(2)24(3,22)23/h4,11,16H,1,5-10H2,2-3H3,(H,20,21)/t11-/m0/s1. The van der Waals surface area contributed by atoms with Gasteiger partial charge in [-0.15, -0.1) is 6.58 Å². The lowest BCUT2D eigenvalue weighted by molar-refractivity contribution is 0.0688. The molecule has 1 aliphatic carbocycles. The van der Waals surface area contributed by atoms with Crippen LogP contribution in [0.5, 0.6) is 0 Å². The minimum absolute atomic E-state index is 0.103. The van der Waals surface area contributed by atoms with Crippen LogP contribution in [0.2, 0.25) is 0 Å². The van der Waals surface area contributed by atoms with Crippen LogP contribution >= 0.6 is 0 Å². The Balaban J connectivity index is 2.03. The summed E-state index contributed by atoms with van der Waals surface area (Å²) in [6, 6.07) is 0.116. The van der Waals surface area contributed by atoms with Crippen LogP contribution in [0.25, 0.3) is 0 Å². The zero-order valence-electron chi connectivity index (χ0n) is 14.0. The molecule has 0 saturated heterocycles. The second-order valence-corrected chi connectivity index (χ2v) is 8.12. The van der Waals surface area contributed by atoms with E-state index in [0.717, 1.165) is 24.1 Å². The van der Waals surface area contributed by atoms with Gasteiger partial charge in [-0.05, 0) is 19.3 Å². The molecule has 2 N–H and O–H groups in total. The van der Waals surface area contributed by atoms with Gasteiger partial charge in [-0.25, -0.2) is 17.5 Å². The molecule has 24 heavy (non-hydrogen) atoms. The molecule has 2 rings (SSSR count). The molecule has 134 valence electrons. The van der Waals surface area contributed by atoms with Gasteiger partial charge in [-0.1, -0.05) is 6.08 Å². The Morgan fingerprint density at radius 3 is 2.88 bits per heavy atom. The Morgan fingerprint density at radius 1 is 1.58 bits per heavy atom. The summed E-state index contributed by atoms with van der Waals surface area (Å²) in [6.07, 6.45) is 5.05. The second-order valence-electron chi connectivity index (χ2n) is 6.03. The second kappa shape index (κ2) is 7.45. The first-order chi connectivity index (χ1) is 11.2. The number of carbonyl (C=O) groups is 1. The molecule has 1 heterocycles. The van der Waals surface area contributed by atoms with Gasteiger partial charge < -0.3 is 10.4 Å². The maximum Gasteiger partial charge on any atom is 0.356 e. The van der Waals surface area contributed by atoms with Gasteiger partial charge in [-0.3, -0.25) is 4.68 Å². The molecule has 0 unspecified atom stereocenters. The van der Waals surface area contributed by atoms with E-state index in [1.807, 2.05) is 0 Å². The smallest absolute Gasteiger partial charge is 0.356 e. The highest BCUT2D eigenvalue weighted by Crippen LogP contribution is 2.25. The van der Waals surface area contributed by atoms with Gasteiger partial charge in [0.2, 0.25) is 10.0 Å². The molecule has 0 spiro atoms. The SMILES string of the molecule is C=CCn1nc(C(=O)O)c2c1CC[C@H](NCCN(C)S(C)(=O)=O)C2. The number of nitrogens with zero attached hydrogens (tertiary/aromatic N) is 3. The van der Waals surface area contributed by atoms with Crippen LogP contribution in [0.15, 0.2) is 12.7 Å². The predicted molar refractivity (Wildman–Crippen MR) is 90.7 cm³/mol. The maximum atomic E-state index is 11.4. The molecule has 1 aromatic heterocycles. The highest BCUT2D eigenvalue weighted by molar-refractivity contribution is 7.88. The minimum Gasteiger partial charge on any atom is -0.476 e. The van der Waals surface area contributed by atoms with E-state index in [4.69, 9.17) is 0 Å². The third-order valence-corrected chi connectivity index (χ3v) is 5.59. The van der Waals surface area contributed by atoms with E-state index in [2.05, 4.69) is 17.0 Å². The topological polar surface area (TPSA) is 105 Å². The van der Waals surface area contributed by atoms with Crippen molar-refractivity contribution < 1.29 is 18.3 Å². The van der Waals surface area contributed by atoms with Crippen molar-refractivity contribution in [1.82, 2.24) is 19.4 Å².